The van der Waals surface area contributed by atoms with E-state index in [1.807, 2.05) is 18.2 Å². The summed E-state index contributed by atoms with van der Waals surface area (Å²) in [4.78, 5) is 10.3. The Bertz CT molecular complexity index is 405. The van der Waals surface area contributed by atoms with Crippen LogP contribution in [0.2, 0.25) is 10.0 Å². The van der Waals surface area contributed by atoms with Crippen LogP contribution in [0, 0.1) is 0 Å². The predicted octanol–water partition coefficient (Wildman–Crippen LogP) is 5.35. The summed E-state index contributed by atoms with van der Waals surface area (Å²) in [6.45, 7) is 0. The molecule has 0 amide bonds. The van der Waals surface area contributed by atoms with Gasteiger partial charge in [-0.3, -0.25) is 4.79 Å². The van der Waals surface area contributed by atoms with Crippen molar-refractivity contribution >= 4 is 29.2 Å². The van der Waals surface area contributed by atoms with Crippen molar-refractivity contribution in [2.45, 2.75) is 51.4 Å². The summed E-state index contributed by atoms with van der Waals surface area (Å²) in [5.74, 6) is -0.695. The molecular weight excluding hydrogens is 283 g/mol. The molecule has 0 fully saturated rings. The summed E-state index contributed by atoms with van der Waals surface area (Å²) in [6.07, 6.45) is 7.72. The second-order valence-corrected chi connectivity index (χ2v) is 5.58. The molecule has 0 unspecified atom stereocenters. The monoisotopic (exact) mass is 302 g/mol. The lowest BCUT2D eigenvalue weighted by atomic mass is 10.0. The van der Waals surface area contributed by atoms with Gasteiger partial charge in [-0.1, -0.05) is 55.0 Å². The summed E-state index contributed by atoms with van der Waals surface area (Å²) in [5.41, 5.74) is 1.22. The van der Waals surface area contributed by atoms with E-state index in [2.05, 4.69) is 0 Å². The zero-order valence-electron chi connectivity index (χ0n) is 11.0. The Morgan fingerprint density at radius 3 is 2.21 bits per heavy atom. The lowest BCUT2D eigenvalue weighted by Gasteiger charge is -2.04. The van der Waals surface area contributed by atoms with Crippen molar-refractivity contribution in [2.75, 3.05) is 0 Å². The first-order valence-corrected chi connectivity index (χ1v) is 7.51. The molecule has 1 aromatic rings. The van der Waals surface area contributed by atoms with Crippen LogP contribution in [0.4, 0.5) is 0 Å². The van der Waals surface area contributed by atoms with E-state index in [9.17, 15) is 4.79 Å². The first-order valence-electron chi connectivity index (χ1n) is 6.75. The summed E-state index contributed by atoms with van der Waals surface area (Å²) in [6, 6.07) is 5.78. The Balaban J connectivity index is 2.04. The molecule has 0 saturated heterocycles. The highest BCUT2D eigenvalue weighted by Crippen LogP contribution is 2.23. The number of carboxylic acid groups (broad SMARTS) is 1. The molecule has 0 radical (unpaired) electrons. The summed E-state index contributed by atoms with van der Waals surface area (Å²) >= 11 is 11.8. The van der Waals surface area contributed by atoms with Gasteiger partial charge in [0.2, 0.25) is 0 Å². The lowest BCUT2D eigenvalue weighted by molar-refractivity contribution is -0.137. The van der Waals surface area contributed by atoms with Crippen LogP contribution in [-0.2, 0) is 11.2 Å². The highest BCUT2D eigenvalue weighted by molar-refractivity contribution is 6.42. The van der Waals surface area contributed by atoms with Gasteiger partial charge in [-0.25, -0.2) is 0 Å². The second-order valence-electron chi connectivity index (χ2n) is 4.76. The number of unbranched alkanes of at least 4 members (excludes halogenated alkanes) is 5. The molecule has 4 heteroatoms. The van der Waals surface area contributed by atoms with Crippen LogP contribution in [0.1, 0.15) is 50.5 Å². The largest absolute Gasteiger partial charge is 0.481 e. The number of aliphatic carboxylic acids is 1. The predicted molar refractivity (Wildman–Crippen MR) is 80.1 cm³/mol. The van der Waals surface area contributed by atoms with Crippen molar-refractivity contribution in [3.63, 3.8) is 0 Å². The van der Waals surface area contributed by atoms with Gasteiger partial charge in [0.1, 0.15) is 0 Å². The molecule has 0 aromatic heterocycles. The fourth-order valence-corrected chi connectivity index (χ4v) is 2.33. The number of carboxylic acids is 1. The van der Waals surface area contributed by atoms with Crippen LogP contribution < -0.4 is 0 Å². The van der Waals surface area contributed by atoms with Crippen LogP contribution in [0.3, 0.4) is 0 Å². The number of aryl methyl sites for hydroxylation is 1. The zero-order valence-corrected chi connectivity index (χ0v) is 12.5. The van der Waals surface area contributed by atoms with Gasteiger partial charge in [0.05, 0.1) is 10.0 Å². The molecule has 0 bridgehead atoms. The second kappa shape index (κ2) is 9.22. The molecule has 0 saturated carbocycles. The number of rotatable bonds is 9. The van der Waals surface area contributed by atoms with E-state index >= 15 is 0 Å². The lowest BCUT2D eigenvalue weighted by Crippen LogP contribution is -1.93. The third-order valence-corrected chi connectivity index (χ3v) is 3.83. The third kappa shape index (κ3) is 7.44. The molecule has 0 spiro atoms. The van der Waals surface area contributed by atoms with E-state index in [1.54, 1.807) is 0 Å². The number of hydrogen-bond donors (Lipinski definition) is 1. The maximum absolute atomic E-state index is 10.3. The Morgan fingerprint density at radius 1 is 0.947 bits per heavy atom. The third-order valence-electron chi connectivity index (χ3n) is 3.09. The molecule has 0 heterocycles. The van der Waals surface area contributed by atoms with Crippen molar-refractivity contribution in [3.05, 3.63) is 33.8 Å². The van der Waals surface area contributed by atoms with Crippen LogP contribution >= 0.6 is 23.2 Å². The van der Waals surface area contributed by atoms with Gasteiger partial charge < -0.3 is 5.11 Å². The molecular formula is C15H20Cl2O2. The molecule has 0 atom stereocenters. The quantitative estimate of drug-likeness (QED) is 0.624. The first kappa shape index (κ1) is 16.3. The van der Waals surface area contributed by atoms with Crippen molar-refractivity contribution in [3.8, 4) is 0 Å². The van der Waals surface area contributed by atoms with Gasteiger partial charge in [-0.15, -0.1) is 0 Å². The normalized spacial score (nSPS) is 10.6. The Labute approximate surface area is 124 Å². The van der Waals surface area contributed by atoms with Gasteiger partial charge in [-0.05, 0) is 37.0 Å². The summed E-state index contributed by atoms with van der Waals surface area (Å²) in [7, 11) is 0. The van der Waals surface area contributed by atoms with Crippen molar-refractivity contribution in [2.24, 2.45) is 0 Å². The van der Waals surface area contributed by atoms with E-state index in [1.165, 1.54) is 18.4 Å². The molecule has 2 nitrogen and oxygen atoms in total. The number of benzene rings is 1. The number of carbonyl (C=O) groups is 1. The molecule has 1 rings (SSSR count). The van der Waals surface area contributed by atoms with Crippen LogP contribution in [0.15, 0.2) is 18.2 Å². The molecule has 19 heavy (non-hydrogen) atoms. The molecule has 1 aromatic carbocycles. The van der Waals surface area contributed by atoms with E-state index in [0.717, 1.165) is 32.1 Å². The van der Waals surface area contributed by atoms with Crippen molar-refractivity contribution in [1.29, 1.82) is 0 Å². The van der Waals surface area contributed by atoms with Crippen LogP contribution in [0.25, 0.3) is 0 Å². The van der Waals surface area contributed by atoms with E-state index < -0.39 is 5.97 Å². The molecule has 1 N–H and O–H groups in total. The fraction of sp³-hybridized carbons (Fsp3) is 0.533. The maximum atomic E-state index is 10.3. The van der Waals surface area contributed by atoms with Gasteiger partial charge in [0, 0.05) is 6.42 Å². The SMILES string of the molecule is O=C(O)CCCCCCCCc1ccc(Cl)c(Cl)c1. The zero-order chi connectivity index (χ0) is 14.1. The number of hydrogen-bond acceptors (Lipinski definition) is 1. The standard InChI is InChI=1S/C15H20Cl2O2/c16-13-10-9-12(11-14(13)17)7-5-3-1-2-4-6-8-15(18)19/h9-11H,1-8H2,(H,18,19). The Hall–Kier alpha value is -0.730. The fourth-order valence-electron chi connectivity index (χ4n) is 2.01. The minimum atomic E-state index is -0.695. The smallest absolute Gasteiger partial charge is 0.303 e. The van der Waals surface area contributed by atoms with Gasteiger partial charge >= 0.3 is 5.97 Å². The summed E-state index contributed by atoms with van der Waals surface area (Å²) in [5, 5.41) is 9.72. The Morgan fingerprint density at radius 2 is 1.58 bits per heavy atom. The van der Waals surface area contributed by atoms with E-state index in [0.29, 0.717) is 16.5 Å². The average Bonchev–Trinajstić information content (AvgIpc) is 2.36. The Kier molecular flexibility index (Phi) is 7.92. The van der Waals surface area contributed by atoms with Crippen LogP contribution in [0.5, 0.6) is 0 Å². The molecule has 106 valence electrons. The van der Waals surface area contributed by atoms with Crippen molar-refractivity contribution < 1.29 is 9.90 Å². The minimum Gasteiger partial charge on any atom is -0.481 e. The molecule has 0 aliphatic heterocycles. The minimum absolute atomic E-state index is 0.295. The van der Waals surface area contributed by atoms with Gasteiger partial charge in [-0.2, -0.15) is 0 Å². The topological polar surface area (TPSA) is 37.3 Å². The van der Waals surface area contributed by atoms with Gasteiger partial charge in [0.15, 0.2) is 0 Å². The maximum Gasteiger partial charge on any atom is 0.303 e. The van der Waals surface area contributed by atoms with Gasteiger partial charge in [0.25, 0.3) is 0 Å². The van der Waals surface area contributed by atoms with E-state index in [-0.39, 0.29) is 0 Å². The van der Waals surface area contributed by atoms with Crippen LogP contribution in [-0.4, -0.2) is 11.1 Å². The number of halogens is 2. The molecule has 0 aliphatic rings. The summed E-state index contributed by atoms with van der Waals surface area (Å²) < 4.78 is 0. The highest BCUT2D eigenvalue weighted by Gasteiger charge is 2.00. The van der Waals surface area contributed by atoms with Crippen molar-refractivity contribution in [1.82, 2.24) is 0 Å². The molecule has 0 aliphatic carbocycles. The van der Waals surface area contributed by atoms with E-state index in [4.69, 9.17) is 28.3 Å². The highest BCUT2D eigenvalue weighted by atomic mass is 35.5. The average molecular weight is 303 g/mol. The first-order chi connectivity index (χ1) is 9.09.